The normalized spacial score (nSPS) is 14.6. The monoisotopic (exact) mass is 339 g/mol. The minimum atomic E-state index is -1.88. The van der Waals surface area contributed by atoms with Gasteiger partial charge in [0.25, 0.3) is 0 Å². The van der Waals surface area contributed by atoms with Gasteiger partial charge in [0, 0.05) is 0 Å². The molecule has 1 aromatic carbocycles. The van der Waals surface area contributed by atoms with E-state index >= 15 is 0 Å². The maximum absolute atomic E-state index is 7.35. The van der Waals surface area contributed by atoms with Crippen molar-refractivity contribution in [2.75, 3.05) is 0 Å². The zero-order valence-electron chi connectivity index (χ0n) is 15.3. The van der Waals surface area contributed by atoms with Crippen LogP contribution in [0.5, 0.6) is 0 Å². The predicted molar refractivity (Wildman–Crippen MR) is 103 cm³/mol. The molecule has 21 heavy (non-hydrogen) atoms. The molecule has 0 saturated heterocycles. The third-order valence-electron chi connectivity index (χ3n) is 4.73. The maximum Gasteiger partial charge on any atom is 0.188 e. The molecule has 0 aliphatic heterocycles. The highest BCUT2D eigenvalue weighted by molar-refractivity contribution is 7.56. The molecule has 1 radical (unpaired) electrons. The average molecular weight is 340 g/mol. The second-order valence-electron chi connectivity index (χ2n) is 9.18. The van der Waals surface area contributed by atoms with E-state index in [4.69, 9.17) is 11.1 Å². The molecule has 0 N–H and O–H groups in total. The van der Waals surface area contributed by atoms with E-state index in [-0.39, 0.29) is 15.1 Å². The number of hydrogen-bond acceptors (Lipinski definition) is 0. The Morgan fingerprint density at radius 1 is 0.714 bits per heavy atom. The summed E-state index contributed by atoms with van der Waals surface area (Å²) >= 11 is 7.35. The van der Waals surface area contributed by atoms with Gasteiger partial charge in [0.15, 0.2) is 7.62 Å². The molecule has 0 aliphatic rings. The summed E-state index contributed by atoms with van der Waals surface area (Å²) in [4.78, 5) is 0. The lowest BCUT2D eigenvalue weighted by molar-refractivity contribution is 0.555. The van der Waals surface area contributed by atoms with E-state index in [1.165, 1.54) is 5.19 Å². The molecule has 0 amide bonds. The van der Waals surface area contributed by atoms with Crippen molar-refractivity contribution in [2.24, 2.45) is 0 Å². The average Bonchev–Trinajstić information content (AvgIpc) is 2.24. The first-order chi connectivity index (χ1) is 9.27. The van der Waals surface area contributed by atoms with E-state index < -0.39 is 15.2 Å². The van der Waals surface area contributed by atoms with Gasteiger partial charge in [0.1, 0.15) is 0 Å². The van der Waals surface area contributed by atoms with E-state index in [1.54, 1.807) is 0 Å². The standard InChI is InChI=1S/C18H32ClSi2/c1-16(2,3)21(17(4,5)6,18(7,8)9)20(19)15-13-11-10-12-14-15/h10-14H,1-9H3. The maximum atomic E-state index is 7.35. The van der Waals surface area contributed by atoms with Gasteiger partial charge < -0.3 is 0 Å². The molecule has 0 saturated carbocycles. The van der Waals surface area contributed by atoms with Crippen molar-refractivity contribution in [3.63, 3.8) is 0 Å². The largest absolute Gasteiger partial charge is 0.188 e. The molecule has 0 unspecified atom stereocenters. The zero-order chi connectivity index (χ0) is 16.7. The molecule has 1 rings (SSSR count). The molecule has 0 nitrogen and oxygen atoms in total. The van der Waals surface area contributed by atoms with Crippen LogP contribution in [0, 0.1) is 0 Å². The molecule has 0 aliphatic carbocycles. The van der Waals surface area contributed by atoms with Gasteiger partial charge in [0.2, 0.25) is 0 Å². The summed E-state index contributed by atoms with van der Waals surface area (Å²) in [6.45, 7) is 21.8. The van der Waals surface area contributed by atoms with Crippen LogP contribution < -0.4 is 5.19 Å². The van der Waals surface area contributed by atoms with Crippen LogP contribution in [0.4, 0.5) is 0 Å². The molecule has 3 heteroatoms. The second-order valence-corrected chi connectivity index (χ2v) is 22.2. The number of benzene rings is 1. The Bertz CT molecular complexity index is 425. The molecule has 0 spiro atoms. The lowest BCUT2D eigenvalue weighted by atomic mass is 10.2. The van der Waals surface area contributed by atoms with Crippen LogP contribution in [0.25, 0.3) is 0 Å². The van der Waals surface area contributed by atoms with Gasteiger partial charge in [-0.2, -0.15) is 11.1 Å². The minimum absolute atomic E-state index is 0.259. The van der Waals surface area contributed by atoms with Crippen molar-refractivity contribution in [3.8, 4) is 0 Å². The fourth-order valence-corrected chi connectivity index (χ4v) is 30.6. The quantitative estimate of drug-likeness (QED) is 0.454. The molecular formula is C18H32ClSi2. The molecule has 119 valence electrons. The van der Waals surface area contributed by atoms with Crippen LogP contribution in [0.3, 0.4) is 0 Å². The van der Waals surface area contributed by atoms with E-state index in [2.05, 4.69) is 92.6 Å². The van der Waals surface area contributed by atoms with Crippen molar-refractivity contribution in [3.05, 3.63) is 30.3 Å². The fraction of sp³-hybridized carbons (Fsp3) is 0.667. The molecule has 0 aromatic heterocycles. The summed E-state index contributed by atoms with van der Waals surface area (Å²) in [6.07, 6.45) is 0. The first-order valence-corrected chi connectivity index (χ1v) is 13.4. The summed E-state index contributed by atoms with van der Waals surface area (Å²) < 4.78 is 0. The van der Waals surface area contributed by atoms with Crippen LogP contribution in [-0.4, -0.2) is 15.2 Å². The van der Waals surface area contributed by atoms with Gasteiger partial charge in [0.05, 0.1) is 7.59 Å². The highest BCUT2D eigenvalue weighted by atomic mass is 35.6. The van der Waals surface area contributed by atoms with Gasteiger partial charge >= 0.3 is 0 Å². The predicted octanol–water partition coefficient (Wildman–Crippen LogP) is 6.05. The fourth-order valence-electron chi connectivity index (χ4n) is 5.16. The first-order valence-electron chi connectivity index (χ1n) is 7.85. The summed E-state index contributed by atoms with van der Waals surface area (Å²) in [5.74, 6) is 0. The van der Waals surface area contributed by atoms with Crippen molar-refractivity contribution in [1.82, 2.24) is 0 Å². The molecule has 0 atom stereocenters. The molecule has 0 fully saturated rings. The van der Waals surface area contributed by atoms with E-state index in [9.17, 15) is 0 Å². The van der Waals surface area contributed by atoms with Crippen LogP contribution in [0.15, 0.2) is 30.3 Å². The van der Waals surface area contributed by atoms with E-state index in [0.29, 0.717) is 0 Å². The Morgan fingerprint density at radius 2 is 1.05 bits per heavy atom. The SMILES string of the molecule is CC(C)(C)[Si]([Si](Cl)c1ccccc1)(C(C)(C)C)C(C)(C)C. The van der Waals surface area contributed by atoms with Crippen LogP contribution in [0.1, 0.15) is 62.3 Å². The Balaban J connectivity index is 3.67. The van der Waals surface area contributed by atoms with Gasteiger partial charge in [-0.15, -0.1) is 0 Å². The van der Waals surface area contributed by atoms with Crippen molar-refractivity contribution < 1.29 is 0 Å². The van der Waals surface area contributed by atoms with Gasteiger partial charge in [-0.25, -0.2) is 0 Å². The van der Waals surface area contributed by atoms with Gasteiger partial charge in [-0.05, 0) is 20.3 Å². The Labute approximate surface area is 139 Å². The Kier molecular flexibility index (Phi) is 5.30. The molecule has 0 heterocycles. The minimum Gasteiger partial charge on any atom is -0.166 e. The van der Waals surface area contributed by atoms with Crippen molar-refractivity contribution in [2.45, 2.75) is 77.4 Å². The van der Waals surface area contributed by atoms with Crippen molar-refractivity contribution in [1.29, 1.82) is 0 Å². The van der Waals surface area contributed by atoms with E-state index in [0.717, 1.165) is 0 Å². The molecule has 0 bridgehead atoms. The van der Waals surface area contributed by atoms with Crippen molar-refractivity contribution >= 4 is 31.5 Å². The summed E-state index contributed by atoms with van der Waals surface area (Å²) in [5.41, 5.74) is 0. The highest BCUT2D eigenvalue weighted by Gasteiger charge is 2.64. The molecular weight excluding hydrogens is 308 g/mol. The Hall–Kier alpha value is -0.0562. The summed E-state index contributed by atoms with van der Waals surface area (Å²) in [5, 5.41) is 2.16. The Morgan fingerprint density at radius 3 is 1.33 bits per heavy atom. The smallest absolute Gasteiger partial charge is 0.166 e. The zero-order valence-corrected chi connectivity index (χ0v) is 18.0. The number of hydrogen-bond donors (Lipinski definition) is 0. The summed E-state index contributed by atoms with van der Waals surface area (Å²) in [7, 11) is -3.00. The number of halogens is 1. The van der Waals surface area contributed by atoms with Crippen LogP contribution in [-0.2, 0) is 0 Å². The van der Waals surface area contributed by atoms with Gasteiger partial charge in [-0.3, -0.25) is 0 Å². The topological polar surface area (TPSA) is 0 Å². The first kappa shape index (κ1) is 19.0. The third-order valence-corrected chi connectivity index (χ3v) is 25.8. The summed E-state index contributed by atoms with van der Waals surface area (Å²) in [6, 6.07) is 10.8. The van der Waals surface area contributed by atoms with E-state index in [1.807, 2.05) is 0 Å². The molecule has 1 aromatic rings. The third kappa shape index (κ3) is 3.18. The lowest BCUT2D eigenvalue weighted by Gasteiger charge is -2.61. The second kappa shape index (κ2) is 5.86. The lowest BCUT2D eigenvalue weighted by Crippen LogP contribution is -2.70. The number of rotatable bonds is 2. The van der Waals surface area contributed by atoms with Crippen LogP contribution in [0.2, 0.25) is 15.1 Å². The van der Waals surface area contributed by atoms with Gasteiger partial charge in [-0.1, -0.05) is 92.6 Å². The van der Waals surface area contributed by atoms with Crippen LogP contribution >= 0.6 is 11.1 Å². The highest BCUT2D eigenvalue weighted by Crippen LogP contribution is 2.63.